The Morgan fingerprint density at radius 2 is 1.59 bits per heavy atom. The van der Waals surface area contributed by atoms with Gasteiger partial charge in [-0.15, -0.1) is 0 Å². The van der Waals surface area contributed by atoms with Gasteiger partial charge >= 0.3 is 0 Å². The van der Waals surface area contributed by atoms with Gasteiger partial charge in [0.25, 0.3) is 0 Å². The van der Waals surface area contributed by atoms with Crippen LogP contribution in [0.4, 0.5) is 0 Å². The van der Waals surface area contributed by atoms with Crippen LogP contribution in [0.25, 0.3) is 0 Å². The summed E-state index contributed by atoms with van der Waals surface area (Å²) in [6, 6.07) is 12.2. The second-order valence-electron chi connectivity index (χ2n) is 6.67. The Morgan fingerprint density at radius 1 is 0.955 bits per heavy atom. The normalized spacial score (nSPS) is 12.6. The van der Waals surface area contributed by atoms with Crippen molar-refractivity contribution in [1.29, 1.82) is 0 Å². The average molecular weight is 313 g/mol. The third-order valence-electron chi connectivity index (χ3n) is 3.22. The van der Waals surface area contributed by atoms with E-state index < -0.39 is 0 Å². The first-order chi connectivity index (χ1) is 10.2. The number of benzene rings is 2. The van der Waals surface area contributed by atoms with Crippen molar-refractivity contribution in [2.24, 2.45) is 4.99 Å². The van der Waals surface area contributed by atoms with Crippen LogP contribution in [0.1, 0.15) is 37.5 Å². The second-order valence-corrected chi connectivity index (χ2v) is 7.99. The van der Waals surface area contributed by atoms with Gasteiger partial charge in [-0.2, -0.15) is 0 Å². The summed E-state index contributed by atoms with van der Waals surface area (Å²) in [6.45, 7) is 10.4. The molecular weight excluding hydrogens is 289 g/mol. The first-order valence-corrected chi connectivity index (χ1v) is 8.47. The van der Waals surface area contributed by atoms with Gasteiger partial charge in [0.05, 0.1) is 5.54 Å². The highest BCUT2D eigenvalue weighted by atomic mass is 31.1. The lowest BCUT2D eigenvalue weighted by Crippen LogP contribution is -2.14. The summed E-state index contributed by atoms with van der Waals surface area (Å²) in [5.41, 5.74) is 3.43. The zero-order valence-electron chi connectivity index (χ0n) is 13.9. The van der Waals surface area contributed by atoms with Crippen molar-refractivity contribution in [2.45, 2.75) is 40.2 Å². The van der Waals surface area contributed by atoms with Gasteiger partial charge in [0, 0.05) is 17.1 Å². The number of aryl methyl sites for hydroxylation is 2. The number of hydrogen-bond donors (Lipinski definition) is 1. The molecule has 2 aromatic carbocycles. The van der Waals surface area contributed by atoms with Gasteiger partial charge < -0.3 is 5.11 Å². The van der Waals surface area contributed by atoms with E-state index in [0.29, 0.717) is 14.3 Å². The number of hydrogen-bond acceptors (Lipinski definition) is 2. The maximum absolute atomic E-state index is 10.1. The third kappa shape index (κ3) is 4.68. The van der Waals surface area contributed by atoms with Crippen molar-refractivity contribution in [2.75, 3.05) is 0 Å². The summed E-state index contributed by atoms with van der Waals surface area (Å²) < 4.78 is 0. The molecule has 1 N–H and O–H groups in total. The molecule has 2 aromatic rings. The van der Waals surface area contributed by atoms with Gasteiger partial charge in [-0.3, -0.25) is 4.99 Å². The van der Waals surface area contributed by atoms with E-state index in [1.54, 1.807) is 6.07 Å². The van der Waals surface area contributed by atoms with Crippen LogP contribution in [-0.2, 0) is 0 Å². The Balaban J connectivity index is 2.38. The predicted molar refractivity (Wildman–Crippen MR) is 99.0 cm³/mol. The van der Waals surface area contributed by atoms with Crippen LogP contribution in [-0.4, -0.2) is 16.9 Å². The van der Waals surface area contributed by atoms with Crippen molar-refractivity contribution in [3.05, 3.63) is 53.1 Å². The fourth-order valence-electron chi connectivity index (χ4n) is 2.06. The molecule has 0 fully saturated rings. The van der Waals surface area contributed by atoms with Crippen molar-refractivity contribution in [3.8, 4) is 5.75 Å². The molecule has 0 bridgehead atoms. The molecule has 0 saturated heterocycles. The van der Waals surface area contributed by atoms with Crippen LogP contribution < -0.4 is 10.6 Å². The fourth-order valence-corrected chi connectivity index (χ4v) is 3.31. The van der Waals surface area contributed by atoms with Crippen molar-refractivity contribution in [1.82, 2.24) is 0 Å². The van der Waals surface area contributed by atoms with Crippen LogP contribution in [0.15, 0.2) is 41.4 Å². The van der Waals surface area contributed by atoms with Crippen LogP contribution >= 0.6 is 8.58 Å². The SMILES string of the molecule is Cc1ccc(Pc2cc(C)ccc2O)c(C=NC(C)(C)C)c1. The van der Waals surface area contributed by atoms with Crippen molar-refractivity contribution in [3.63, 3.8) is 0 Å². The first-order valence-electron chi connectivity index (χ1n) is 7.47. The standard InChI is InChI=1S/C19H24NOP/c1-13-7-9-17(15(10-13)12-20-19(3,4)5)22-18-11-14(2)6-8-16(18)21/h6-12,21-22H,1-5H3. The highest BCUT2D eigenvalue weighted by Gasteiger charge is 2.09. The number of phenols is 1. The van der Waals surface area contributed by atoms with Gasteiger partial charge in [-0.05, 0) is 58.1 Å². The summed E-state index contributed by atoms with van der Waals surface area (Å²) in [7, 11) is 0.419. The molecule has 0 spiro atoms. The Bertz CT molecular complexity index is 699. The average Bonchev–Trinajstić information content (AvgIpc) is 2.42. The Kier molecular flexibility index (Phi) is 5.03. The Labute approximate surface area is 135 Å². The van der Waals surface area contributed by atoms with E-state index in [2.05, 4.69) is 57.0 Å². The summed E-state index contributed by atoms with van der Waals surface area (Å²) in [5, 5.41) is 12.3. The highest BCUT2D eigenvalue weighted by Crippen LogP contribution is 2.21. The molecule has 0 aliphatic carbocycles. The molecule has 0 aliphatic heterocycles. The summed E-state index contributed by atoms with van der Waals surface area (Å²) in [5.74, 6) is 0.364. The lowest BCUT2D eigenvalue weighted by Gasteiger charge is -2.13. The van der Waals surface area contributed by atoms with Gasteiger partial charge in [0.2, 0.25) is 0 Å². The molecule has 2 nitrogen and oxygen atoms in total. The summed E-state index contributed by atoms with van der Waals surface area (Å²) >= 11 is 0. The molecule has 1 atom stereocenters. The van der Waals surface area contributed by atoms with Crippen LogP contribution in [0.5, 0.6) is 5.75 Å². The largest absolute Gasteiger partial charge is 0.507 e. The third-order valence-corrected chi connectivity index (χ3v) is 4.61. The minimum Gasteiger partial charge on any atom is -0.507 e. The zero-order chi connectivity index (χ0) is 16.3. The topological polar surface area (TPSA) is 32.6 Å². The summed E-state index contributed by atoms with van der Waals surface area (Å²) in [6.07, 6.45) is 1.96. The van der Waals surface area contributed by atoms with Gasteiger partial charge in [-0.1, -0.05) is 37.9 Å². The number of aromatic hydroxyl groups is 1. The molecular formula is C19H24NOP. The van der Waals surface area contributed by atoms with Crippen LogP contribution in [0.2, 0.25) is 0 Å². The zero-order valence-corrected chi connectivity index (χ0v) is 14.9. The van der Waals surface area contributed by atoms with E-state index in [0.717, 1.165) is 16.4 Å². The van der Waals surface area contributed by atoms with Gasteiger partial charge in [0.1, 0.15) is 5.75 Å². The minimum absolute atomic E-state index is 0.0877. The number of phenolic OH excluding ortho intramolecular Hbond substituents is 1. The number of aliphatic imine (C=N–C) groups is 1. The molecule has 0 radical (unpaired) electrons. The smallest absolute Gasteiger partial charge is 0.123 e. The van der Waals surface area contributed by atoms with Crippen molar-refractivity contribution < 1.29 is 5.11 Å². The molecule has 2 rings (SSSR count). The quantitative estimate of drug-likeness (QED) is 0.677. The molecule has 0 heterocycles. The highest BCUT2D eigenvalue weighted by molar-refractivity contribution is 7.56. The van der Waals surface area contributed by atoms with E-state index in [-0.39, 0.29) is 5.54 Å². The van der Waals surface area contributed by atoms with Crippen LogP contribution in [0.3, 0.4) is 0 Å². The van der Waals surface area contributed by atoms with E-state index in [4.69, 9.17) is 0 Å². The Morgan fingerprint density at radius 3 is 2.27 bits per heavy atom. The Hall–Kier alpha value is -1.66. The van der Waals surface area contributed by atoms with Gasteiger partial charge in [0.15, 0.2) is 0 Å². The molecule has 0 saturated carbocycles. The molecule has 0 aromatic heterocycles. The second kappa shape index (κ2) is 6.62. The predicted octanol–water partition coefficient (Wildman–Crippen LogP) is 3.86. The molecule has 1 unspecified atom stereocenters. The molecule has 116 valence electrons. The molecule has 22 heavy (non-hydrogen) atoms. The van der Waals surface area contributed by atoms with Gasteiger partial charge in [-0.25, -0.2) is 0 Å². The maximum Gasteiger partial charge on any atom is 0.123 e. The number of rotatable bonds is 3. The van der Waals surface area contributed by atoms with E-state index in [1.807, 2.05) is 19.2 Å². The maximum atomic E-state index is 10.1. The molecule has 3 heteroatoms. The number of nitrogens with zero attached hydrogens (tertiary/aromatic N) is 1. The van der Waals surface area contributed by atoms with E-state index in [1.165, 1.54) is 10.9 Å². The lowest BCUT2D eigenvalue weighted by atomic mass is 10.1. The van der Waals surface area contributed by atoms with E-state index in [9.17, 15) is 5.11 Å². The monoisotopic (exact) mass is 313 g/mol. The lowest BCUT2D eigenvalue weighted by molar-refractivity contribution is 0.479. The molecule has 0 amide bonds. The van der Waals surface area contributed by atoms with Crippen LogP contribution in [0, 0.1) is 13.8 Å². The van der Waals surface area contributed by atoms with Crippen molar-refractivity contribution >= 4 is 25.4 Å². The molecule has 0 aliphatic rings. The first kappa shape index (κ1) is 16.7. The fraction of sp³-hybridized carbons (Fsp3) is 0.316. The summed E-state index contributed by atoms with van der Waals surface area (Å²) in [4.78, 5) is 4.63. The minimum atomic E-state index is -0.0877. The van der Waals surface area contributed by atoms with E-state index >= 15 is 0 Å².